The Kier molecular flexibility index (Phi) is 17.8. The third kappa shape index (κ3) is 13.8. The van der Waals surface area contributed by atoms with E-state index >= 15 is 0 Å². The maximum atomic E-state index is 10.9. The first-order chi connectivity index (χ1) is 24.1. The number of Topliss-reactive ketones (excluding diaryl/α,β-unsaturated/α-hetero) is 1. The molecule has 6 heteroatoms. The summed E-state index contributed by atoms with van der Waals surface area (Å²) in [6, 6.07) is 19.9. The molecule has 1 fully saturated rings. The minimum Gasteiger partial charge on any atom is -0.473 e. The highest BCUT2D eigenvalue weighted by atomic mass is 32.1. The van der Waals surface area contributed by atoms with Crippen molar-refractivity contribution in [2.24, 2.45) is 5.92 Å². The number of carbonyl (C=O) groups excluding carboxylic acids is 1. The summed E-state index contributed by atoms with van der Waals surface area (Å²) in [6.07, 6.45) is 18.5. The van der Waals surface area contributed by atoms with Gasteiger partial charge in [0, 0.05) is 34.3 Å². The fraction of sp³-hybridized carbons (Fsp3) is 0.477. The van der Waals surface area contributed by atoms with Crippen molar-refractivity contribution in [1.29, 1.82) is 5.26 Å². The van der Waals surface area contributed by atoms with Crippen molar-refractivity contribution in [3.8, 4) is 11.9 Å². The molecule has 0 bridgehead atoms. The number of pyridine rings is 1. The highest BCUT2D eigenvalue weighted by Crippen LogP contribution is 2.39. The van der Waals surface area contributed by atoms with Crippen LogP contribution in [-0.2, 0) is 13.0 Å². The number of unbranched alkanes of at least 4 members (excludes halogenated alkanes) is 1. The fourth-order valence-corrected chi connectivity index (χ4v) is 6.94. The van der Waals surface area contributed by atoms with E-state index in [4.69, 9.17) is 15.0 Å². The number of hydrogen-bond acceptors (Lipinski definition) is 5. The van der Waals surface area contributed by atoms with Crippen molar-refractivity contribution in [3.63, 3.8) is 0 Å². The SMILES string of the molecule is CC(=O)c1ccc(C)c(C)c1.CC/C=C(\C)CC1CCCCCCC1c1cccc(OCc2ccc(C#N)cc2C)n1.CCCCc1c[nH]s1. The number of rotatable bonds is 11. The van der Waals surface area contributed by atoms with Gasteiger partial charge in [0.05, 0.1) is 11.6 Å². The summed E-state index contributed by atoms with van der Waals surface area (Å²) in [4.78, 5) is 17.4. The van der Waals surface area contributed by atoms with Crippen molar-refractivity contribution in [2.45, 2.75) is 132 Å². The van der Waals surface area contributed by atoms with Crippen molar-refractivity contribution in [1.82, 2.24) is 9.36 Å². The number of nitrogens with one attached hydrogen (secondary N) is 1. The molecule has 1 aliphatic carbocycles. The van der Waals surface area contributed by atoms with E-state index in [1.165, 1.54) is 91.5 Å². The van der Waals surface area contributed by atoms with Crippen molar-refractivity contribution >= 4 is 17.3 Å². The molecule has 2 aromatic carbocycles. The molecule has 0 aliphatic heterocycles. The fourth-order valence-electron chi connectivity index (χ4n) is 6.41. The average molecular weight is 694 g/mol. The van der Waals surface area contributed by atoms with Gasteiger partial charge in [0.25, 0.3) is 0 Å². The van der Waals surface area contributed by atoms with Crippen LogP contribution in [0.3, 0.4) is 0 Å². The summed E-state index contributed by atoms with van der Waals surface area (Å²) in [5, 5.41) is 9.06. The Labute approximate surface area is 306 Å². The molecule has 0 saturated heterocycles. The lowest BCUT2D eigenvalue weighted by Crippen LogP contribution is -2.17. The van der Waals surface area contributed by atoms with Gasteiger partial charge in [0.1, 0.15) is 6.61 Å². The second-order valence-electron chi connectivity index (χ2n) is 13.8. The molecular formula is C44H59N3O2S. The van der Waals surface area contributed by atoms with Crippen molar-refractivity contribution in [3.05, 3.63) is 116 Å². The van der Waals surface area contributed by atoms with Gasteiger partial charge in [-0.1, -0.05) is 93.4 Å². The molecule has 2 heterocycles. The second-order valence-corrected chi connectivity index (χ2v) is 14.7. The normalized spacial score (nSPS) is 16.1. The Bertz CT molecular complexity index is 1670. The van der Waals surface area contributed by atoms with Crippen LogP contribution in [0.2, 0.25) is 0 Å². The number of allylic oxidation sites excluding steroid dienone is 2. The first-order valence-electron chi connectivity index (χ1n) is 18.6. The van der Waals surface area contributed by atoms with E-state index in [2.05, 4.69) is 55.6 Å². The number of benzene rings is 2. The van der Waals surface area contributed by atoms with Crippen molar-refractivity contribution in [2.75, 3.05) is 0 Å². The van der Waals surface area contributed by atoms with E-state index in [1.54, 1.807) is 18.5 Å². The van der Waals surface area contributed by atoms with Gasteiger partial charge in [0.15, 0.2) is 5.78 Å². The van der Waals surface area contributed by atoms with E-state index in [0.29, 0.717) is 29.9 Å². The number of hydrogen-bond donors (Lipinski definition) is 1. The topological polar surface area (TPSA) is 78.8 Å². The molecule has 1 N–H and O–H groups in total. The van der Waals surface area contributed by atoms with Crippen LogP contribution in [0.15, 0.2) is 72.4 Å². The van der Waals surface area contributed by atoms with Crippen LogP contribution in [0.5, 0.6) is 5.88 Å². The number of ether oxygens (including phenoxy) is 1. The van der Waals surface area contributed by atoms with Crippen LogP contribution in [0.4, 0.5) is 0 Å². The lowest BCUT2D eigenvalue weighted by molar-refractivity contribution is 0.101. The monoisotopic (exact) mass is 693 g/mol. The molecule has 0 spiro atoms. The van der Waals surface area contributed by atoms with E-state index in [0.717, 1.165) is 23.1 Å². The number of aryl methyl sites for hydroxylation is 4. The van der Waals surface area contributed by atoms with Crippen LogP contribution in [0.25, 0.3) is 0 Å². The number of aromatic amines is 1. The van der Waals surface area contributed by atoms with Crippen LogP contribution < -0.4 is 4.74 Å². The molecule has 1 saturated carbocycles. The highest BCUT2D eigenvalue weighted by molar-refractivity contribution is 7.06. The first kappa shape index (κ1) is 40.5. The van der Waals surface area contributed by atoms with Gasteiger partial charge in [-0.3, -0.25) is 4.79 Å². The molecule has 50 heavy (non-hydrogen) atoms. The van der Waals surface area contributed by atoms with E-state index in [9.17, 15) is 4.79 Å². The smallest absolute Gasteiger partial charge is 0.213 e. The summed E-state index contributed by atoms with van der Waals surface area (Å²) >= 11 is 1.76. The predicted octanol–water partition coefficient (Wildman–Crippen LogP) is 12.6. The molecule has 5 rings (SSSR count). The zero-order chi connectivity index (χ0) is 36.3. The molecule has 0 amide bonds. The molecule has 2 atom stereocenters. The minimum absolute atomic E-state index is 0.133. The quantitative estimate of drug-likeness (QED) is 0.125. The van der Waals surface area contributed by atoms with Gasteiger partial charge in [-0.15, -0.1) is 0 Å². The van der Waals surface area contributed by atoms with Crippen molar-refractivity contribution < 1.29 is 9.53 Å². The summed E-state index contributed by atoms with van der Waals surface area (Å²) < 4.78 is 9.11. The van der Waals surface area contributed by atoms with Crippen LogP contribution in [0, 0.1) is 38.0 Å². The van der Waals surface area contributed by atoms with Gasteiger partial charge in [0.2, 0.25) is 5.88 Å². The minimum atomic E-state index is 0.133. The summed E-state index contributed by atoms with van der Waals surface area (Å²) in [7, 11) is 0. The number of nitrogens with zero attached hydrogens (tertiary/aromatic N) is 2. The first-order valence-corrected chi connectivity index (χ1v) is 19.4. The van der Waals surface area contributed by atoms with Gasteiger partial charge in [-0.05, 0) is 126 Å². The molecular weight excluding hydrogens is 635 g/mol. The Hall–Kier alpha value is -3.95. The van der Waals surface area contributed by atoms with Gasteiger partial charge < -0.3 is 9.11 Å². The molecule has 268 valence electrons. The molecule has 1 aliphatic rings. The Morgan fingerprint density at radius 3 is 2.36 bits per heavy atom. The maximum Gasteiger partial charge on any atom is 0.213 e. The summed E-state index contributed by atoms with van der Waals surface area (Å²) in [5.74, 6) is 1.99. The third-order valence-corrected chi connectivity index (χ3v) is 10.4. The zero-order valence-electron chi connectivity index (χ0n) is 31.6. The number of carbonyl (C=O) groups is 1. The number of nitriles is 1. The van der Waals surface area contributed by atoms with E-state index in [-0.39, 0.29) is 5.78 Å². The van der Waals surface area contributed by atoms with Crippen LogP contribution in [-0.4, -0.2) is 15.1 Å². The highest BCUT2D eigenvalue weighted by Gasteiger charge is 2.26. The molecule has 2 aromatic heterocycles. The lowest BCUT2D eigenvalue weighted by atomic mass is 9.76. The number of ketones is 1. The van der Waals surface area contributed by atoms with Gasteiger partial charge >= 0.3 is 0 Å². The zero-order valence-corrected chi connectivity index (χ0v) is 32.4. The van der Waals surface area contributed by atoms with E-state index < -0.39 is 0 Å². The molecule has 4 aromatic rings. The third-order valence-electron chi connectivity index (χ3n) is 9.62. The van der Waals surface area contributed by atoms with Crippen LogP contribution >= 0.6 is 11.5 Å². The Morgan fingerprint density at radius 1 is 0.980 bits per heavy atom. The van der Waals surface area contributed by atoms with E-state index in [1.807, 2.05) is 63.2 Å². The Morgan fingerprint density at radius 2 is 1.74 bits per heavy atom. The Balaban J connectivity index is 0.000000287. The average Bonchev–Trinajstić information content (AvgIpc) is 3.07. The number of H-pyrrole nitrogens is 1. The lowest BCUT2D eigenvalue weighted by Gasteiger charge is -2.29. The largest absolute Gasteiger partial charge is 0.473 e. The second kappa shape index (κ2) is 22.0. The molecule has 2 unspecified atom stereocenters. The summed E-state index contributed by atoms with van der Waals surface area (Å²) in [6.45, 7) is 14.9. The predicted molar refractivity (Wildman–Crippen MR) is 210 cm³/mol. The van der Waals surface area contributed by atoms with Gasteiger partial charge in [-0.25, -0.2) is 4.98 Å². The standard InChI is InChI=1S/C28H36N2O.C10H12O.C6H11NS/c1-4-10-21(2)17-24-11-7-5-6-8-12-26(24)27-13-9-14-28(30-27)31-20-25-16-15-23(19-29)18-22(25)3;1-7-4-5-10(9(3)11)6-8(7)2;1-2-3-4-6-5-7-8-6/h9-10,13-16,18,24,26H,4-8,11-12,17,20H2,1-3H3;4-6H,1-3H3;5,7H,2-4H2,1H3/b21-10+;;. The summed E-state index contributed by atoms with van der Waals surface area (Å²) in [5.41, 5.74) is 8.76. The van der Waals surface area contributed by atoms with Gasteiger partial charge in [-0.2, -0.15) is 5.26 Å². The maximum absolute atomic E-state index is 10.9. The molecule has 0 radical (unpaired) electrons. The van der Waals surface area contributed by atoms with Crippen LogP contribution in [0.1, 0.15) is 147 Å². The number of aromatic nitrogens is 2. The molecule has 5 nitrogen and oxygen atoms in total.